The van der Waals surface area contributed by atoms with Crippen LogP contribution in [0, 0.1) is 34.0 Å². The molecule has 0 amide bonds. The van der Waals surface area contributed by atoms with Crippen LogP contribution in [-0.2, 0) is 4.79 Å². The Morgan fingerprint density at radius 1 is 0.676 bits per heavy atom. The maximum absolute atomic E-state index is 12.8. The van der Waals surface area contributed by atoms with Crippen LogP contribution >= 0.6 is 0 Å². The quantitative estimate of drug-likeness (QED) is 0.333. The van der Waals surface area contributed by atoms with Crippen molar-refractivity contribution in [3.8, 4) is 0 Å². The van der Waals surface area contributed by atoms with Gasteiger partial charge in [0.1, 0.15) is 5.78 Å². The predicted molar refractivity (Wildman–Crippen MR) is 139 cm³/mol. The minimum absolute atomic E-state index is 0.0884. The minimum Gasteiger partial charge on any atom is -0.300 e. The molecule has 34 heavy (non-hydrogen) atoms. The van der Waals surface area contributed by atoms with Crippen molar-refractivity contribution in [3.63, 3.8) is 0 Å². The molecule has 3 aliphatic rings. The second-order valence-corrected chi connectivity index (χ2v) is 14.2. The predicted octanol–water partition coefficient (Wildman–Crippen LogP) is 10.3. The van der Waals surface area contributed by atoms with Crippen LogP contribution in [0.3, 0.4) is 0 Å². The number of ketones is 1. The Hall–Kier alpha value is -0.800. The van der Waals surface area contributed by atoms with Crippen molar-refractivity contribution in [2.24, 2.45) is 34.0 Å². The van der Waals surface area contributed by atoms with E-state index in [1.165, 1.54) is 0 Å². The Kier molecular flexibility index (Phi) is 11.4. The van der Waals surface area contributed by atoms with Gasteiger partial charge in [-0.2, -0.15) is 0 Å². The van der Waals surface area contributed by atoms with Crippen molar-refractivity contribution < 1.29 is 18.0 Å². The second-order valence-electron chi connectivity index (χ2n) is 14.2. The van der Waals surface area contributed by atoms with Gasteiger partial charge in [0.15, 0.2) is 0 Å². The molecule has 3 rings (SSSR count). The fourth-order valence-corrected chi connectivity index (χ4v) is 5.30. The lowest BCUT2D eigenvalue weighted by Gasteiger charge is -2.36. The summed E-state index contributed by atoms with van der Waals surface area (Å²) < 4.78 is 38.1. The number of halogens is 3. The zero-order valence-corrected chi connectivity index (χ0v) is 23.6. The molecule has 0 radical (unpaired) electrons. The largest absolute Gasteiger partial charge is 0.300 e. The van der Waals surface area contributed by atoms with Crippen molar-refractivity contribution in [1.82, 2.24) is 0 Å². The Bertz CT molecular complexity index is 638. The first kappa shape index (κ1) is 31.2. The average molecular weight is 487 g/mol. The molecular formula is C30H53F3O. The van der Waals surface area contributed by atoms with Crippen LogP contribution in [0.1, 0.15) is 133 Å². The van der Waals surface area contributed by atoms with Crippen LogP contribution in [0.5, 0.6) is 0 Å². The molecule has 3 aliphatic carbocycles. The highest BCUT2D eigenvalue weighted by molar-refractivity contribution is 5.79. The number of rotatable bonds is 0. The zero-order chi connectivity index (χ0) is 26.4. The van der Waals surface area contributed by atoms with Gasteiger partial charge in [-0.1, -0.05) is 68.4 Å². The van der Waals surface area contributed by atoms with Crippen LogP contribution in [0.25, 0.3) is 0 Å². The molecule has 0 aliphatic heterocycles. The third-order valence-electron chi connectivity index (χ3n) is 8.29. The van der Waals surface area contributed by atoms with E-state index in [1.807, 2.05) is 0 Å². The lowest BCUT2D eigenvalue weighted by Crippen LogP contribution is -2.31. The molecule has 0 spiro atoms. The van der Waals surface area contributed by atoms with E-state index in [2.05, 4.69) is 62.3 Å². The fraction of sp³-hybridized carbons (Fsp3) is 0.900. The van der Waals surface area contributed by atoms with Crippen molar-refractivity contribution in [2.75, 3.05) is 0 Å². The summed E-state index contributed by atoms with van der Waals surface area (Å²) in [7, 11) is 0. The monoisotopic (exact) mass is 486 g/mol. The summed E-state index contributed by atoms with van der Waals surface area (Å²) in [5, 5.41) is 0. The summed E-state index contributed by atoms with van der Waals surface area (Å²) in [4.78, 5) is 10.9. The van der Waals surface area contributed by atoms with Gasteiger partial charge in [-0.25, -0.2) is 13.2 Å². The molecule has 1 atom stereocenters. The standard InChI is InChI=1S/C10H18F2.C10H17F.C10H18O/c1-9(2,3)8-4-6-10(11,12)7-5-8;2*1-10(2,3)8-4-6-9(11)7-5-8/h8H,4-7H2,1-3H3;6,8H,4-5,7H2,1-3H3;8H,4-7H2,1-3H3. The van der Waals surface area contributed by atoms with Crippen molar-refractivity contribution in [1.29, 1.82) is 0 Å². The highest BCUT2D eigenvalue weighted by Gasteiger charge is 2.38. The number of carbonyl (C=O) groups excluding carboxylic acids is 1. The summed E-state index contributed by atoms with van der Waals surface area (Å²) in [5.74, 6) is 0.0946. The van der Waals surface area contributed by atoms with Gasteiger partial charge >= 0.3 is 0 Å². The van der Waals surface area contributed by atoms with Crippen molar-refractivity contribution >= 4 is 5.78 Å². The van der Waals surface area contributed by atoms with E-state index in [1.54, 1.807) is 6.08 Å². The molecular weight excluding hydrogens is 433 g/mol. The Labute approximate surface area is 208 Å². The number of hydrogen-bond donors (Lipinski definition) is 0. The van der Waals surface area contributed by atoms with Crippen LogP contribution < -0.4 is 0 Å². The summed E-state index contributed by atoms with van der Waals surface area (Å²) in [6, 6.07) is 0. The highest BCUT2D eigenvalue weighted by Crippen LogP contribution is 2.43. The van der Waals surface area contributed by atoms with E-state index in [-0.39, 0.29) is 24.1 Å². The van der Waals surface area contributed by atoms with E-state index >= 15 is 0 Å². The molecule has 2 saturated carbocycles. The lowest BCUT2D eigenvalue weighted by molar-refractivity contribution is -0.121. The average Bonchev–Trinajstić information content (AvgIpc) is 2.67. The number of hydrogen-bond acceptors (Lipinski definition) is 1. The SMILES string of the molecule is CC(C)(C)C1CC=C(F)CC1.CC(C)(C)C1CCC(=O)CC1.CC(C)(C)C1CCC(F)(F)CC1. The van der Waals surface area contributed by atoms with Gasteiger partial charge in [-0.3, -0.25) is 4.79 Å². The minimum atomic E-state index is -2.37. The molecule has 0 saturated heterocycles. The van der Waals surface area contributed by atoms with Crippen LogP contribution in [0.15, 0.2) is 11.9 Å². The van der Waals surface area contributed by atoms with Gasteiger partial charge in [-0.15, -0.1) is 0 Å². The molecule has 0 aromatic carbocycles. The number of alkyl halides is 2. The maximum atomic E-state index is 12.8. The Morgan fingerprint density at radius 3 is 1.41 bits per heavy atom. The first-order valence-electron chi connectivity index (χ1n) is 13.6. The summed E-state index contributed by atoms with van der Waals surface area (Å²) in [6.45, 7) is 19.9. The summed E-state index contributed by atoms with van der Waals surface area (Å²) >= 11 is 0. The van der Waals surface area contributed by atoms with Crippen LogP contribution in [-0.4, -0.2) is 11.7 Å². The van der Waals surface area contributed by atoms with E-state index < -0.39 is 5.92 Å². The molecule has 1 nitrogen and oxygen atoms in total. The molecule has 2 fully saturated rings. The van der Waals surface area contributed by atoms with Gasteiger partial charge in [0.25, 0.3) is 0 Å². The Balaban J connectivity index is 0.000000255. The molecule has 1 unspecified atom stereocenters. The summed E-state index contributed by atoms with van der Waals surface area (Å²) in [6.07, 6.45) is 9.79. The van der Waals surface area contributed by atoms with Gasteiger partial charge in [0.2, 0.25) is 5.92 Å². The van der Waals surface area contributed by atoms with Gasteiger partial charge in [0.05, 0.1) is 5.83 Å². The molecule has 4 heteroatoms. The number of allylic oxidation sites excluding steroid dienone is 2. The van der Waals surface area contributed by atoms with Gasteiger partial charge < -0.3 is 0 Å². The maximum Gasteiger partial charge on any atom is 0.248 e. The van der Waals surface area contributed by atoms with Gasteiger partial charge in [-0.05, 0) is 78.9 Å². The normalized spacial score (nSPS) is 24.9. The first-order valence-corrected chi connectivity index (χ1v) is 13.6. The van der Waals surface area contributed by atoms with Crippen LogP contribution in [0.2, 0.25) is 0 Å². The molecule has 0 bridgehead atoms. The van der Waals surface area contributed by atoms with E-state index in [9.17, 15) is 18.0 Å². The number of carbonyl (C=O) groups is 1. The van der Waals surface area contributed by atoms with Crippen LogP contribution in [0.4, 0.5) is 13.2 Å². The number of Topliss-reactive ketones (excluding diaryl/α,β-unsaturated/α-hetero) is 1. The topological polar surface area (TPSA) is 17.1 Å². The second kappa shape index (κ2) is 12.4. The molecule has 0 aromatic rings. The Morgan fingerprint density at radius 2 is 1.06 bits per heavy atom. The molecule has 0 heterocycles. The fourth-order valence-electron chi connectivity index (χ4n) is 5.30. The highest BCUT2D eigenvalue weighted by atomic mass is 19.3. The van der Waals surface area contributed by atoms with E-state index in [0.717, 1.165) is 44.4 Å². The van der Waals surface area contributed by atoms with Gasteiger partial charge in [0, 0.05) is 25.7 Å². The molecule has 0 aromatic heterocycles. The lowest BCUT2D eigenvalue weighted by atomic mass is 9.71. The molecule has 0 N–H and O–H groups in total. The van der Waals surface area contributed by atoms with E-state index in [0.29, 0.717) is 47.7 Å². The smallest absolute Gasteiger partial charge is 0.248 e. The summed E-state index contributed by atoms with van der Waals surface area (Å²) in [5.41, 5.74) is 0.953. The third-order valence-corrected chi connectivity index (χ3v) is 8.29. The third kappa shape index (κ3) is 11.8. The van der Waals surface area contributed by atoms with Crippen molar-refractivity contribution in [3.05, 3.63) is 11.9 Å². The first-order chi connectivity index (χ1) is 15.3. The molecule has 200 valence electrons. The van der Waals surface area contributed by atoms with Crippen molar-refractivity contribution in [2.45, 2.75) is 139 Å². The zero-order valence-electron chi connectivity index (χ0n) is 23.6. The van der Waals surface area contributed by atoms with E-state index in [4.69, 9.17) is 0 Å².